The van der Waals surface area contributed by atoms with Crippen molar-refractivity contribution in [2.24, 2.45) is 0 Å². The van der Waals surface area contributed by atoms with Crippen LogP contribution < -0.4 is 0 Å². The molecule has 1 aliphatic rings. The summed E-state index contributed by atoms with van der Waals surface area (Å²) in [6, 6.07) is 8.54. The molecule has 0 aliphatic heterocycles. The van der Waals surface area contributed by atoms with Crippen LogP contribution in [-0.2, 0) is 0 Å². The third-order valence-corrected chi connectivity index (χ3v) is 3.76. The first-order valence-electron chi connectivity index (χ1n) is 6.80. The highest BCUT2D eigenvalue weighted by molar-refractivity contribution is 5.82. The van der Waals surface area contributed by atoms with Crippen molar-refractivity contribution in [1.29, 1.82) is 0 Å². The maximum absolute atomic E-state index is 13.5. The smallest absolute Gasteiger partial charge is 0.145 e. The fourth-order valence-corrected chi connectivity index (χ4v) is 2.65. The zero-order valence-corrected chi connectivity index (χ0v) is 11.1. The number of phenols is 1. The number of fused-ring (bicyclic) bond motifs is 1. The summed E-state index contributed by atoms with van der Waals surface area (Å²) in [7, 11) is 0. The van der Waals surface area contributed by atoms with Crippen LogP contribution in [0.5, 0.6) is 5.75 Å². The Morgan fingerprint density at radius 3 is 2.48 bits per heavy atom. The molecule has 3 nitrogen and oxygen atoms in total. The molecule has 2 aromatic carbocycles. The molecule has 0 saturated heterocycles. The first-order chi connectivity index (χ1) is 10.1. The van der Waals surface area contributed by atoms with Crippen LogP contribution in [-0.4, -0.2) is 14.7 Å². The van der Waals surface area contributed by atoms with E-state index in [0.717, 1.165) is 18.9 Å². The predicted octanol–water partition coefficient (Wildman–Crippen LogP) is 4.02. The Kier molecular flexibility index (Phi) is 2.51. The average molecular weight is 286 g/mol. The van der Waals surface area contributed by atoms with Crippen LogP contribution in [0.1, 0.15) is 18.9 Å². The van der Waals surface area contributed by atoms with Crippen molar-refractivity contribution in [3.63, 3.8) is 0 Å². The topological polar surface area (TPSA) is 38.1 Å². The first-order valence-corrected chi connectivity index (χ1v) is 6.80. The van der Waals surface area contributed by atoms with Gasteiger partial charge in [0.2, 0.25) is 0 Å². The van der Waals surface area contributed by atoms with Crippen LogP contribution in [0.2, 0.25) is 0 Å². The van der Waals surface area contributed by atoms with Gasteiger partial charge in [0.25, 0.3) is 0 Å². The van der Waals surface area contributed by atoms with Gasteiger partial charge in [0.15, 0.2) is 0 Å². The van der Waals surface area contributed by atoms with Crippen LogP contribution >= 0.6 is 0 Å². The molecule has 0 spiro atoms. The van der Waals surface area contributed by atoms with Gasteiger partial charge < -0.3 is 9.67 Å². The van der Waals surface area contributed by atoms with Gasteiger partial charge in [-0.2, -0.15) is 0 Å². The summed E-state index contributed by atoms with van der Waals surface area (Å²) < 4.78 is 28.6. The molecule has 106 valence electrons. The molecular formula is C16H12F2N2O. The molecule has 0 bridgehead atoms. The fourth-order valence-electron chi connectivity index (χ4n) is 2.65. The van der Waals surface area contributed by atoms with Gasteiger partial charge in [-0.3, -0.25) is 0 Å². The number of hydrogen-bond acceptors (Lipinski definition) is 2. The van der Waals surface area contributed by atoms with Gasteiger partial charge in [0, 0.05) is 12.1 Å². The normalized spacial score (nSPS) is 14.8. The summed E-state index contributed by atoms with van der Waals surface area (Å²) in [4.78, 5) is 4.49. The van der Waals surface area contributed by atoms with E-state index < -0.39 is 5.82 Å². The Bertz CT molecular complexity index is 853. The van der Waals surface area contributed by atoms with Crippen molar-refractivity contribution in [3.8, 4) is 17.1 Å². The summed E-state index contributed by atoms with van der Waals surface area (Å²) in [6.07, 6.45) is 1.99. The van der Waals surface area contributed by atoms with E-state index in [1.165, 1.54) is 24.3 Å². The van der Waals surface area contributed by atoms with E-state index in [9.17, 15) is 13.9 Å². The molecule has 1 heterocycles. The number of nitrogens with zero attached hydrogens (tertiary/aromatic N) is 2. The monoisotopic (exact) mass is 286 g/mol. The van der Waals surface area contributed by atoms with Gasteiger partial charge in [0.05, 0.1) is 16.6 Å². The van der Waals surface area contributed by atoms with E-state index in [4.69, 9.17) is 0 Å². The second kappa shape index (κ2) is 4.28. The summed E-state index contributed by atoms with van der Waals surface area (Å²) >= 11 is 0. The molecule has 4 rings (SSSR count). The minimum atomic E-state index is -0.503. The van der Waals surface area contributed by atoms with E-state index in [0.29, 0.717) is 22.4 Å². The molecule has 0 radical (unpaired) electrons. The Hall–Kier alpha value is -2.43. The Morgan fingerprint density at radius 1 is 1.05 bits per heavy atom. The number of rotatable bonds is 2. The average Bonchev–Trinajstić information content (AvgIpc) is 3.20. The van der Waals surface area contributed by atoms with Gasteiger partial charge in [-0.1, -0.05) is 0 Å². The molecule has 3 aromatic rings. The zero-order valence-electron chi connectivity index (χ0n) is 11.1. The number of imidazole rings is 1. The molecular weight excluding hydrogens is 274 g/mol. The second-order valence-electron chi connectivity index (χ2n) is 5.33. The molecule has 0 atom stereocenters. The summed E-state index contributed by atoms with van der Waals surface area (Å²) in [6.45, 7) is 0. The minimum absolute atomic E-state index is 0.160. The molecule has 1 N–H and O–H groups in total. The van der Waals surface area contributed by atoms with Crippen molar-refractivity contribution >= 4 is 11.0 Å². The Balaban J connectivity index is 2.01. The highest BCUT2D eigenvalue weighted by Crippen LogP contribution is 2.42. The highest BCUT2D eigenvalue weighted by Gasteiger charge is 2.29. The maximum Gasteiger partial charge on any atom is 0.145 e. The van der Waals surface area contributed by atoms with E-state index in [1.807, 2.05) is 4.57 Å². The van der Waals surface area contributed by atoms with E-state index in [-0.39, 0.29) is 17.6 Å². The molecule has 0 unspecified atom stereocenters. The lowest BCUT2D eigenvalue weighted by Crippen LogP contribution is -1.98. The van der Waals surface area contributed by atoms with Crippen molar-refractivity contribution in [2.75, 3.05) is 0 Å². The number of hydrogen-bond donors (Lipinski definition) is 1. The Morgan fingerprint density at radius 2 is 1.76 bits per heavy atom. The van der Waals surface area contributed by atoms with Crippen molar-refractivity contribution in [1.82, 2.24) is 9.55 Å². The molecule has 21 heavy (non-hydrogen) atoms. The van der Waals surface area contributed by atoms with Gasteiger partial charge in [-0.25, -0.2) is 13.8 Å². The largest absolute Gasteiger partial charge is 0.507 e. The SMILES string of the molecule is Oc1cc(F)ccc1-c1nc2ccc(F)cc2n1C1CC1. The molecule has 1 aliphatic carbocycles. The van der Waals surface area contributed by atoms with Crippen molar-refractivity contribution in [3.05, 3.63) is 48.0 Å². The zero-order chi connectivity index (χ0) is 14.6. The van der Waals surface area contributed by atoms with Crippen LogP contribution in [0, 0.1) is 11.6 Å². The maximum atomic E-state index is 13.5. The lowest BCUT2D eigenvalue weighted by atomic mass is 10.2. The Labute approximate surface area is 119 Å². The molecule has 1 aromatic heterocycles. The number of aromatic hydroxyl groups is 1. The lowest BCUT2D eigenvalue weighted by molar-refractivity contribution is 0.470. The fraction of sp³-hybridized carbons (Fsp3) is 0.188. The summed E-state index contributed by atoms with van der Waals surface area (Å²) in [5.74, 6) is -0.432. The quantitative estimate of drug-likeness (QED) is 0.772. The minimum Gasteiger partial charge on any atom is -0.507 e. The van der Waals surface area contributed by atoms with Crippen molar-refractivity contribution < 1.29 is 13.9 Å². The van der Waals surface area contributed by atoms with Crippen LogP contribution in [0.4, 0.5) is 8.78 Å². The third-order valence-electron chi connectivity index (χ3n) is 3.76. The van der Waals surface area contributed by atoms with E-state index in [1.54, 1.807) is 6.07 Å². The number of aromatic nitrogens is 2. The van der Waals surface area contributed by atoms with Crippen molar-refractivity contribution in [2.45, 2.75) is 18.9 Å². The van der Waals surface area contributed by atoms with Gasteiger partial charge in [0.1, 0.15) is 23.2 Å². The molecule has 1 fully saturated rings. The standard InChI is InChI=1S/C16H12F2N2O/c17-9-2-6-13-14(7-9)20(11-3-4-11)16(19-13)12-5-1-10(18)8-15(12)21/h1-2,5-8,11,21H,3-4H2. The van der Waals surface area contributed by atoms with Gasteiger partial charge in [-0.15, -0.1) is 0 Å². The number of phenolic OH excluding ortho intramolecular Hbond substituents is 1. The lowest BCUT2D eigenvalue weighted by Gasteiger charge is -2.09. The first kappa shape index (κ1) is 12.3. The molecule has 1 saturated carbocycles. The molecule has 5 heteroatoms. The van der Waals surface area contributed by atoms with Crippen LogP contribution in [0.25, 0.3) is 22.4 Å². The second-order valence-corrected chi connectivity index (χ2v) is 5.33. The third kappa shape index (κ3) is 1.96. The van der Waals surface area contributed by atoms with Crippen LogP contribution in [0.3, 0.4) is 0 Å². The van der Waals surface area contributed by atoms with E-state index >= 15 is 0 Å². The van der Waals surface area contributed by atoms with Gasteiger partial charge >= 0.3 is 0 Å². The highest BCUT2D eigenvalue weighted by atomic mass is 19.1. The summed E-state index contributed by atoms with van der Waals surface area (Å²) in [5.41, 5.74) is 1.83. The van der Waals surface area contributed by atoms with Crippen LogP contribution in [0.15, 0.2) is 36.4 Å². The predicted molar refractivity (Wildman–Crippen MR) is 75.0 cm³/mol. The number of halogens is 2. The summed E-state index contributed by atoms with van der Waals surface area (Å²) in [5, 5.41) is 9.98. The van der Waals surface area contributed by atoms with E-state index in [2.05, 4.69) is 4.98 Å². The van der Waals surface area contributed by atoms with Gasteiger partial charge in [-0.05, 0) is 43.2 Å². The molecule has 0 amide bonds. The number of benzene rings is 2.